The van der Waals surface area contributed by atoms with E-state index >= 15 is 0 Å². The number of hydrogen-bond donors (Lipinski definition) is 1. The van der Waals surface area contributed by atoms with Crippen LogP contribution in [0.15, 0.2) is 18.2 Å². The predicted molar refractivity (Wildman–Crippen MR) is 77.0 cm³/mol. The van der Waals surface area contributed by atoms with E-state index in [2.05, 4.69) is 5.32 Å². The van der Waals surface area contributed by atoms with Crippen molar-refractivity contribution in [2.24, 2.45) is 5.92 Å². The lowest BCUT2D eigenvalue weighted by molar-refractivity contribution is 0.0944. The summed E-state index contributed by atoms with van der Waals surface area (Å²) in [6.07, 6.45) is 3.30. The number of halogens is 1. The van der Waals surface area contributed by atoms with Gasteiger partial charge in [-0.1, -0.05) is 18.1 Å². The predicted octanol–water partition coefficient (Wildman–Crippen LogP) is 3.14. The van der Waals surface area contributed by atoms with Crippen molar-refractivity contribution < 1.29 is 9.53 Å². The summed E-state index contributed by atoms with van der Waals surface area (Å²) < 4.78 is 5.23. The number of amides is 1. The fourth-order valence-electron chi connectivity index (χ4n) is 2.54. The van der Waals surface area contributed by atoms with Crippen LogP contribution in [0.4, 0.5) is 0 Å². The molecule has 2 rings (SSSR count). The lowest BCUT2D eigenvalue weighted by atomic mass is 10.1. The fraction of sp³-hybridized carbons (Fsp3) is 0.533. The molecular weight excluding hydrogens is 262 g/mol. The standard InChI is InChI=1S/C15H20ClNO2/c1-10-6-7-14(19-2)12(8-10)15(18)17-9-11-4-3-5-13(11)16/h6-8,11,13H,3-5,9H2,1-2H3,(H,17,18). The van der Waals surface area contributed by atoms with Crippen LogP contribution in [-0.2, 0) is 0 Å². The van der Waals surface area contributed by atoms with Crippen LogP contribution in [0.1, 0.15) is 35.2 Å². The summed E-state index contributed by atoms with van der Waals surface area (Å²) in [7, 11) is 1.58. The first-order valence-corrected chi connectivity index (χ1v) is 7.12. The van der Waals surface area contributed by atoms with E-state index in [9.17, 15) is 4.79 Å². The Kier molecular flexibility index (Phi) is 4.70. The summed E-state index contributed by atoms with van der Waals surface area (Å²) in [5, 5.41) is 3.16. The van der Waals surface area contributed by atoms with Gasteiger partial charge in [-0.05, 0) is 37.8 Å². The van der Waals surface area contributed by atoms with E-state index in [-0.39, 0.29) is 11.3 Å². The molecule has 1 amide bonds. The fourth-order valence-corrected chi connectivity index (χ4v) is 2.91. The Morgan fingerprint density at radius 1 is 1.47 bits per heavy atom. The molecule has 0 aliphatic heterocycles. The van der Waals surface area contributed by atoms with Gasteiger partial charge in [0.25, 0.3) is 5.91 Å². The van der Waals surface area contributed by atoms with E-state index in [4.69, 9.17) is 16.3 Å². The van der Waals surface area contributed by atoms with Crippen LogP contribution in [0.25, 0.3) is 0 Å². The summed E-state index contributed by atoms with van der Waals surface area (Å²) >= 11 is 6.22. The van der Waals surface area contributed by atoms with Gasteiger partial charge in [-0.3, -0.25) is 4.79 Å². The normalized spacial score (nSPS) is 22.3. The summed E-state index contributed by atoms with van der Waals surface area (Å²) in [5.74, 6) is 0.912. The number of alkyl halides is 1. The molecule has 0 heterocycles. The van der Waals surface area contributed by atoms with Crippen molar-refractivity contribution in [3.63, 3.8) is 0 Å². The second kappa shape index (κ2) is 6.29. The number of rotatable bonds is 4. The largest absolute Gasteiger partial charge is 0.496 e. The van der Waals surface area contributed by atoms with Crippen LogP contribution in [0.3, 0.4) is 0 Å². The first-order valence-electron chi connectivity index (χ1n) is 6.68. The van der Waals surface area contributed by atoms with E-state index in [0.717, 1.165) is 24.8 Å². The maximum absolute atomic E-state index is 12.2. The highest BCUT2D eigenvalue weighted by Gasteiger charge is 2.25. The molecule has 19 heavy (non-hydrogen) atoms. The van der Waals surface area contributed by atoms with Crippen molar-refractivity contribution in [3.05, 3.63) is 29.3 Å². The summed E-state index contributed by atoms with van der Waals surface area (Å²) in [5.41, 5.74) is 1.63. The molecule has 0 aromatic heterocycles. The minimum absolute atomic E-state index is 0.0867. The lowest BCUT2D eigenvalue weighted by Gasteiger charge is -2.15. The highest BCUT2D eigenvalue weighted by molar-refractivity contribution is 6.21. The summed E-state index contributed by atoms with van der Waals surface area (Å²) in [6.45, 7) is 2.60. The molecule has 0 radical (unpaired) electrons. The van der Waals surface area contributed by atoms with Crippen LogP contribution in [-0.4, -0.2) is 24.9 Å². The Balaban J connectivity index is 2.01. The first-order chi connectivity index (χ1) is 9.11. The van der Waals surface area contributed by atoms with Gasteiger partial charge in [0.2, 0.25) is 0 Å². The molecule has 1 aromatic rings. The van der Waals surface area contributed by atoms with Crippen LogP contribution in [0.2, 0.25) is 0 Å². The van der Waals surface area contributed by atoms with E-state index in [0.29, 0.717) is 23.8 Å². The van der Waals surface area contributed by atoms with Gasteiger partial charge < -0.3 is 10.1 Å². The number of benzene rings is 1. The van der Waals surface area contributed by atoms with Crippen LogP contribution >= 0.6 is 11.6 Å². The monoisotopic (exact) mass is 281 g/mol. The third-order valence-electron chi connectivity index (χ3n) is 3.69. The van der Waals surface area contributed by atoms with Gasteiger partial charge in [-0.25, -0.2) is 0 Å². The zero-order chi connectivity index (χ0) is 13.8. The van der Waals surface area contributed by atoms with Crippen LogP contribution in [0.5, 0.6) is 5.75 Å². The van der Waals surface area contributed by atoms with Crippen molar-refractivity contribution >= 4 is 17.5 Å². The molecule has 0 saturated heterocycles. The zero-order valence-corrected chi connectivity index (χ0v) is 12.2. The Bertz CT molecular complexity index is 461. The number of hydrogen-bond acceptors (Lipinski definition) is 2. The Morgan fingerprint density at radius 3 is 2.89 bits per heavy atom. The quantitative estimate of drug-likeness (QED) is 0.861. The smallest absolute Gasteiger partial charge is 0.255 e. The molecule has 4 heteroatoms. The number of nitrogens with one attached hydrogen (secondary N) is 1. The van der Waals surface area contributed by atoms with Gasteiger partial charge in [0, 0.05) is 11.9 Å². The molecule has 1 saturated carbocycles. The topological polar surface area (TPSA) is 38.3 Å². The maximum Gasteiger partial charge on any atom is 0.255 e. The molecule has 2 atom stereocenters. The molecule has 1 N–H and O–H groups in total. The maximum atomic E-state index is 12.2. The Morgan fingerprint density at radius 2 is 2.26 bits per heavy atom. The number of ether oxygens (including phenoxy) is 1. The zero-order valence-electron chi connectivity index (χ0n) is 11.4. The second-order valence-corrected chi connectivity index (χ2v) is 5.68. The van der Waals surface area contributed by atoms with Crippen molar-refractivity contribution in [2.45, 2.75) is 31.6 Å². The van der Waals surface area contributed by atoms with Gasteiger partial charge in [0.05, 0.1) is 12.7 Å². The third-order valence-corrected chi connectivity index (χ3v) is 4.27. The molecule has 104 valence electrons. The number of aryl methyl sites for hydroxylation is 1. The summed E-state index contributed by atoms with van der Waals surface area (Å²) in [6, 6.07) is 5.60. The molecule has 1 aliphatic rings. The number of carbonyl (C=O) groups is 1. The van der Waals surface area contributed by atoms with Gasteiger partial charge in [-0.15, -0.1) is 11.6 Å². The van der Waals surface area contributed by atoms with Gasteiger partial charge in [-0.2, -0.15) is 0 Å². The Hall–Kier alpha value is -1.22. The first kappa shape index (κ1) is 14.2. The van der Waals surface area contributed by atoms with E-state index < -0.39 is 0 Å². The highest BCUT2D eigenvalue weighted by atomic mass is 35.5. The van der Waals surface area contributed by atoms with E-state index in [1.54, 1.807) is 7.11 Å². The second-order valence-electron chi connectivity index (χ2n) is 5.12. The lowest BCUT2D eigenvalue weighted by Crippen LogP contribution is -2.31. The van der Waals surface area contributed by atoms with E-state index in [1.165, 1.54) is 0 Å². The third kappa shape index (κ3) is 3.41. The molecule has 2 unspecified atom stereocenters. The average molecular weight is 282 g/mol. The molecule has 1 aromatic carbocycles. The molecule has 0 spiro atoms. The van der Waals surface area contributed by atoms with E-state index in [1.807, 2.05) is 25.1 Å². The van der Waals surface area contributed by atoms with Gasteiger partial charge >= 0.3 is 0 Å². The van der Waals surface area contributed by atoms with Crippen molar-refractivity contribution in [1.29, 1.82) is 0 Å². The van der Waals surface area contributed by atoms with Gasteiger partial charge in [0.1, 0.15) is 5.75 Å². The SMILES string of the molecule is COc1ccc(C)cc1C(=O)NCC1CCCC1Cl. The summed E-state index contributed by atoms with van der Waals surface area (Å²) in [4.78, 5) is 12.2. The minimum atomic E-state index is -0.0867. The molecule has 3 nitrogen and oxygen atoms in total. The molecule has 1 fully saturated rings. The van der Waals surface area contributed by atoms with Gasteiger partial charge in [0.15, 0.2) is 0 Å². The van der Waals surface area contributed by atoms with Crippen LogP contribution in [0, 0.1) is 12.8 Å². The number of methoxy groups -OCH3 is 1. The van der Waals surface area contributed by atoms with Crippen LogP contribution < -0.4 is 10.1 Å². The minimum Gasteiger partial charge on any atom is -0.496 e. The van der Waals surface area contributed by atoms with Crippen molar-refractivity contribution in [2.75, 3.05) is 13.7 Å². The molecular formula is C15H20ClNO2. The molecule has 0 bridgehead atoms. The Labute approximate surface area is 119 Å². The number of carbonyl (C=O) groups excluding carboxylic acids is 1. The average Bonchev–Trinajstić information content (AvgIpc) is 2.81. The van der Waals surface area contributed by atoms with Crippen molar-refractivity contribution in [3.8, 4) is 5.75 Å². The highest BCUT2D eigenvalue weighted by Crippen LogP contribution is 2.29. The molecule has 1 aliphatic carbocycles. The van der Waals surface area contributed by atoms with Crippen molar-refractivity contribution in [1.82, 2.24) is 5.32 Å².